The fraction of sp³-hybridized carbons (Fsp3) is 0.571. The Morgan fingerprint density at radius 3 is 2.93 bits per heavy atom. The third-order valence-corrected chi connectivity index (χ3v) is 1.48. The Balaban J connectivity index is 2.76. The third kappa shape index (κ3) is 2.12. The summed E-state index contributed by atoms with van der Waals surface area (Å²) in [5.74, 6) is -0.118. The van der Waals surface area contributed by atoms with Crippen molar-refractivity contribution in [2.24, 2.45) is 0 Å². The lowest BCUT2D eigenvalue weighted by molar-refractivity contribution is -0.749. The van der Waals surface area contributed by atoms with Crippen LogP contribution < -0.4 is 9.80 Å². The Labute approximate surface area is 81.0 Å². The van der Waals surface area contributed by atoms with Crippen LogP contribution in [0.25, 0.3) is 5.73 Å². The molecule has 1 heterocycles. The number of hydrogen-bond acceptors (Lipinski definition) is 4. The lowest BCUT2D eigenvalue weighted by Gasteiger charge is -2.08. The Hall–Kier alpha value is -1.79. The molecule has 0 spiro atoms. The number of carbonyl (C=O) groups excluding carboxylic acids is 1. The smallest absolute Gasteiger partial charge is 0.465 e. The second-order valence-electron chi connectivity index (χ2n) is 2.40. The molecule has 0 radical (unpaired) electrons. The molecular formula is C7H12N4O3. The molecule has 0 saturated carbocycles. The molecule has 0 atom stereocenters. The molecular weight excluding hydrogens is 188 g/mol. The highest BCUT2D eigenvalue weighted by Gasteiger charge is 2.25. The van der Waals surface area contributed by atoms with Gasteiger partial charge in [-0.1, -0.05) is 0 Å². The number of aromatic nitrogens is 2. The first kappa shape index (κ1) is 10.3. The SMILES string of the molecule is CCOC(=O)N(CC)[n+]1cc([NH-])on1. The molecule has 7 nitrogen and oxygen atoms in total. The molecule has 0 aliphatic carbocycles. The van der Waals surface area contributed by atoms with E-state index in [-0.39, 0.29) is 5.88 Å². The molecule has 1 N–H and O–H groups in total. The Bertz CT molecular complexity index is 312. The van der Waals surface area contributed by atoms with Crippen molar-refractivity contribution >= 4 is 12.0 Å². The number of carbonyl (C=O) groups is 1. The van der Waals surface area contributed by atoms with Gasteiger partial charge in [0.15, 0.2) is 0 Å². The van der Waals surface area contributed by atoms with E-state index < -0.39 is 6.09 Å². The van der Waals surface area contributed by atoms with E-state index in [0.29, 0.717) is 13.2 Å². The second kappa shape index (κ2) is 4.45. The van der Waals surface area contributed by atoms with Crippen LogP contribution in [0.4, 0.5) is 10.7 Å². The van der Waals surface area contributed by atoms with Crippen LogP contribution in [0.15, 0.2) is 10.7 Å². The predicted molar refractivity (Wildman–Crippen MR) is 46.5 cm³/mol. The summed E-state index contributed by atoms with van der Waals surface area (Å²) < 4.78 is 9.29. The second-order valence-corrected chi connectivity index (χ2v) is 2.40. The zero-order chi connectivity index (χ0) is 10.6. The van der Waals surface area contributed by atoms with Crippen LogP contribution in [0.5, 0.6) is 0 Å². The van der Waals surface area contributed by atoms with E-state index in [1.54, 1.807) is 13.8 Å². The van der Waals surface area contributed by atoms with Gasteiger partial charge in [0.25, 0.3) is 6.20 Å². The normalized spacial score (nSPS) is 9.86. The van der Waals surface area contributed by atoms with E-state index in [4.69, 9.17) is 10.5 Å². The number of amides is 1. The zero-order valence-corrected chi connectivity index (χ0v) is 8.06. The first-order valence-electron chi connectivity index (χ1n) is 4.23. The van der Waals surface area contributed by atoms with Crippen molar-refractivity contribution in [3.05, 3.63) is 11.9 Å². The number of nitrogens with one attached hydrogen (secondary N) is 1. The molecule has 0 unspecified atom stereocenters. The third-order valence-electron chi connectivity index (χ3n) is 1.48. The van der Waals surface area contributed by atoms with Gasteiger partial charge in [0.2, 0.25) is 5.27 Å². The van der Waals surface area contributed by atoms with Crippen LogP contribution in [0, 0.1) is 0 Å². The first-order valence-corrected chi connectivity index (χ1v) is 4.23. The Kier molecular flexibility index (Phi) is 3.27. The van der Waals surface area contributed by atoms with Crippen molar-refractivity contribution in [1.82, 2.24) is 5.27 Å². The molecule has 1 aromatic rings. The van der Waals surface area contributed by atoms with Crippen molar-refractivity contribution in [2.45, 2.75) is 13.8 Å². The summed E-state index contributed by atoms with van der Waals surface area (Å²) in [5.41, 5.74) is 7.10. The molecule has 0 aliphatic rings. The molecule has 1 rings (SSSR count). The summed E-state index contributed by atoms with van der Waals surface area (Å²) in [6, 6.07) is 0. The van der Waals surface area contributed by atoms with E-state index in [2.05, 4.69) is 9.79 Å². The highest BCUT2D eigenvalue weighted by Crippen LogP contribution is 2.01. The molecule has 1 aromatic heterocycles. The Morgan fingerprint density at radius 2 is 2.50 bits per heavy atom. The molecule has 78 valence electrons. The highest BCUT2D eigenvalue weighted by molar-refractivity contribution is 5.76. The maximum atomic E-state index is 11.3. The summed E-state index contributed by atoms with van der Waals surface area (Å²) in [5, 5.41) is 4.68. The van der Waals surface area contributed by atoms with E-state index in [1.807, 2.05) is 0 Å². The zero-order valence-electron chi connectivity index (χ0n) is 8.06. The summed E-state index contributed by atoms with van der Waals surface area (Å²) in [4.78, 5) is 12.5. The monoisotopic (exact) mass is 200 g/mol. The van der Waals surface area contributed by atoms with Gasteiger partial charge in [0, 0.05) is 0 Å². The van der Waals surface area contributed by atoms with Crippen molar-refractivity contribution in [1.29, 1.82) is 0 Å². The Morgan fingerprint density at radius 1 is 1.79 bits per heavy atom. The summed E-state index contributed by atoms with van der Waals surface area (Å²) in [6.45, 7) is 4.16. The molecule has 0 saturated heterocycles. The van der Waals surface area contributed by atoms with E-state index in [1.165, 1.54) is 11.2 Å². The quantitative estimate of drug-likeness (QED) is 0.674. The number of ether oxygens (including phenoxy) is 1. The molecule has 1 amide bonds. The van der Waals surface area contributed by atoms with Gasteiger partial charge in [-0.3, -0.25) is 0 Å². The van der Waals surface area contributed by atoms with E-state index >= 15 is 0 Å². The van der Waals surface area contributed by atoms with Crippen LogP contribution in [-0.4, -0.2) is 24.5 Å². The molecule has 0 aliphatic heterocycles. The van der Waals surface area contributed by atoms with Crippen molar-refractivity contribution in [3.63, 3.8) is 0 Å². The predicted octanol–water partition coefficient (Wildman–Crippen LogP) is 0.760. The average molecular weight is 200 g/mol. The minimum atomic E-state index is -0.520. The fourth-order valence-electron chi connectivity index (χ4n) is 0.907. The largest absolute Gasteiger partial charge is 0.660 e. The van der Waals surface area contributed by atoms with Gasteiger partial charge in [0.1, 0.15) is 5.88 Å². The van der Waals surface area contributed by atoms with Crippen LogP contribution in [-0.2, 0) is 4.74 Å². The van der Waals surface area contributed by atoms with E-state index in [9.17, 15) is 4.79 Å². The molecule has 0 aromatic carbocycles. The summed E-state index contributed by atoms with van der Waals surface area (Å²) >= 11 is 0. The summed E-state index contributed by atoms with van der Waals surface area (Å²) in [7, 11) is 0. The average Bonchev–Trinajstić information content (AvgIpc) is 2.54. The molecule has 14 heavy (non-hydrogen) atoms. The number of nitrogens with zero attached hydrogens (tertiary/aromatic N) is 3. The fourth-order valence-corrected chi connectivity index (χ4v) is 0.907. The minimum Gasteiger partial charge on any atom is -0.660 e. The molecule has 0 bridgehead atoms. The standard InChI is InChI=1S/C7H12N4O3/c1-3-10(7(12)13-4-2)11-5-6(8)14-9-11/h5H,3-4H2,1-2H3,(H-,8,9). The molecule has 0 fully saturated rings. The van der Waals surface area contributed by atoms with E-state index in [0.717, 1.165) is 4.79 Å². The van der Waals surface area contributed by atoms with Gasteiger partial charge in [-0.15, -0.1) is 0 Å². The van der Waals surface area contributed by atoms with Crippen molar-refractivity contribution in [3.8, 4) is 0 Å². The van der Waals surface area contributed by atoms with Gasteiger partial charge in [-0.05, 0) is 18.9 Å². The number of hydrogen-bond donors (Lipinski definition) is 0. The summed E-state index contributed by atoms with van der Waals surface area (Å²) in [6.07, 6.45) is 0.758. The van der Waals surface area contributed by atoms with Gasteiger partial charge in [0.05, 0.1) is 17.9 Å². The number of rotatable bonds is 3. The van der Waals surface area contributed by atoms with Crippen LogP contribution in [0.1, 0.15) is 13.8 Å². The van der Waals surface area contributed by atoms with Crippen molar-refractivity contribution in [2.75, 3.05) is 18.2 Å². The van der Waals surface area contributed by atoms with Gasteiger partial charge < -0.3 is 15.0 Å². The topological polar surface area (TPSA) is 83.2 Å². The van der Waals surface area contributed by atoms with Crippen LogP contribution >= 0.6 is 0 Å². The maximum absolute atomic E-state index is 11.3. The highest BCUT2D eigenvalue weighted by atomic mass is 16.6. The van der Waals surface area contributed by atoms with Gasteiger partial charge in [-0.2, -0.15) is 0 Å². The first-order chi connectivity index (χ1) is 6.69. The minimum absolute atomic E-state index is 0.118. The van der Waals surface area contributed by atoms with Crippen molar-refractivity contribution < 1.29 is 18.8 Å². The van der Waals surface area contributed by atoms with Gasteiger partial charge >= 0.3 is 6.09 Å². The lowest BCUT2D eigenvalue weighted by Crippen LogP contribution is -2.61. The van der Waals surface area contributed by atoms with Crippen LogP contribution in [0.2, 0.25) is 0 Å². The van der Waals surface area contributed by atoms with Crippen LogP contribution in [0.3, 0.4) is 0 Å². The lowest BCUT2D eigenvalue weighted by atomic mass is 10.7. The van der Waals surface area contributed by atoms with Gasteiger partial charge in [-0.25, -0.2) is 4.79 Å². The maximum Gasteiger partial charge on any atom is 0.465 e. The molecule has 7 heteroatoms.